The molecule has 0 radical (unpaired) electrons. The minimum atomic E-state index is -0.686. The first-order valence-corrected chi connectivity index (χ1v) is 9.02. The van der Waals surface area contributed by atoms with Crippen LogP contribution in [0, 0.1) is 5.82 Å². The fourth-order valence-corrected chi connectivity index (χ4v) is 2.34. The molecule has 0 heterocycles. The highest BCUT2D eigenvalue weighted by Gasteiger charge is 2.16. The van der Waals surface area contributed by atoms with E-state index in [2.05, 4.69) is 16.0 Å². The first kappa shape index (κ1) is 21.9. The van der Waals surface area contributed by atoms with E-state index in [1.165, 1.54) is 12.1 Å². The molecule has 2 aromatic rings. The third kappa shape index (κ3) is 8.42. The number of nitrogens with one attached hydrogen (secondary N) is 3. The average Bonchev–Trinajstić information content (AvgIpc) is 2.61. The standard InChI is InChI=1S/C21H24FN3O4/c1-21(2,3)29-20(28)23-13-19(27)25-17-6-4-5-16(12-17)24-18(26)11-14-7-9-15(22)10-8-14/h4-10,12H,11,13H2,1-3H3,(H,23,28)(H,24,26)(H,25,27). The van der Waals surface area contributed by atoms with E-state index in [0.717, 1.165) is 0 Å². The number of benzene rings is 2. The van der Waals surface area contributed by atoms with Gasteiger partial charge in [0.15, 0.2) is 0 Å². The third-order valence-corrected chi connectivity index (χ3v) is 3.50. The van der Waals surface area contributed by atoms with Crippen LogP contribution in [-0.4, -0.2) is 30.1 Å². The topological polar surface area (TPSA) is 96.5 Å². The van der Waals surface area contributed by atoms with Crippen molar-refractivity contribution in [2.75, 3.05) is 17.2 Å². The van der Waals surface area contributed by atoms with Gasteiger partial charge in [-0.1, -0.05) is 18.2 Å². The average molecular weight is 401 g/mol. The van der Waals surface area contributed by atoms with Crippen molar-refractivity contribution in [3.63, 3.8) is 0 Å². The van der Waals surface area contributed by atoms with Gasteiger partial charge in [-0.15, -0.1) is 0 Å². The van der Waals surface area contributed by atoms with Gasteiger partial charge >= 0.3 is 6.09 Å². The first-order chi connectivity index (χ1) is 13.6. The SMILES string of the molecule is CC(C)(C)OC(=O)NCC(=O)Nc1cccc(NC(=O)Cc2ccc(F)cc2)c1. The van der Waals surface area contributed by atoms with E-state index in [4.69, 9.17) is 4.74 Å². The fraction of sp³-hybridized carbons (Fsp3) is 0.286. The summed E-state index contributed by atoms with van der Waals surface area (Å²) in [7, 11) is 0. The predicted octanol–water partition coefficient (Wildman–Crippen LogP) is 3.47. The van der Waals surface area contributed by atoms with Crippen molar-refractivity contribution in [1.29, 1.82) is 0 Å². The number of halogens is 1. The Morgan fingerprint density at radius 2 is 1.52 bits per heavy atom. The Kier molecular flexibility index (Phi) is 7.30. The molecule has 0 unspecified atom stereocenters. The number of alkyl carbamates (subject to hydrolysis) is 1. The second kappa shape index (κ2) is 9.68. The fourth-order valence-electron chi connectivity index (χ4n) is 2.34. The molecule has 154 valence electrons. The molecule has 0 bridgehead atoms. The highest BCUT2D eigenvalue weighted by atomic mass is 19.1. The van der Waals surface area contributed by atoms with Crippen LogP contribution in [0.5, 0.6) is 0 Å². The second-order valence-corrected chi connectivity index (χ2v) is 7.34. The van der Waals surface area contributed by atoms with Gasteiger partial charge in [-0.2, -0.15) is 0 Å². The summed E-state index contributed by atoms with van der Waals surface area (Å²) in [5, 5.41) is 7.72. The smallest absolute Gasteiger partial charge is 0.408 e. The molecular weight excluding hydrogens is 377 g/mol. The number of anilines is 2. The number of hydrogen-bond acceptors (Lipinski definition) is 4. The molecule has 0 fully saturated rings. The van der Waals surface area contributed by atoms with E-state index in [-0.39, 0.29) is 24.7 Å². The van der Waals surface area contributed by atoms with Gasteiger partial charge in [0.2, 0.25) is 11.8 Å². The monoisotopic (exact) mass is 401 g/mol. The van der Waals surface area contributed by atoms with Crippen LogP contribution in [0.15, 0.2) is 48.5 Å². The second-order valence-electron chi connectivity index (χ2n) is 7.34. The van der Waals surface area contributed by atoms with Gasteiger partial charge in [0, 0.05) is 11.4 Å². The summed E-state index contributed by atoms with van der Waals surface area (Å²) >= 11 is 0. The van der Waals surface area contributed by atoms with Gasteiger partial charge in [-0.3, -0.25) is 9.59 Å². The van der Waals surface area contributed by atoms with Crippen LogP contribution in [0.1, 0.15) is 26.3 Å². The molecule has 3 amide bonds. The van der Waals surface area contributed by atoms with Crippen LogP contribution in [0.2, 0.25) is 0 Å². The number of amides is 3. The van der Waals surface area contributed by atoms with Crippen LogP contribution < -0.4 is 16.0 Å². The molecule has 8 heteroatoms. The van der Waals surface area contributed by atoms with Crippen molar-refractivity contribution in [2.45, 2.75) is 32.8 Å². The molecule has 0 saturated heterocycles. The number of ether oxygens (including phenoxy) is 1. The van der Waals surface area contributed by atoms with Crippen molar-refractivity contribution >= 4 is 29.3 Å². The van der Waals surface area contributed by atoms with Gasteiger partial charge in [-0.25, -0.2) is 9.18 Å². The number of rotatable bonds is 6. The van der Waals surface area contributed by atoms with Gasteiger partial charge < -0.3 is 20.7 Å². The Bertz CT molecular complexity index is 876. The third-order valence-electron chi connectivity index (χ3n) is 3.50. The molecule has 2 aromatic carbocycles. The summed E-state index contributed by atoms with van der Waals surface area (Å²) in [5.74, 6) is -1.07. The Balaban J connectivity index is 1.85. The maximum absolute atomic E-state index is 12.9. The van der Waals surface area contributed by atoms with E-state index in [1.807, 2.05) is 0 Å². The summed E-state index contributed by atoms with van der Waals surface area (Å²) in [5.41, 5.74) is 0.984. The Labute approximate surface area is 168 Å². The highest BCUT2D eigenvalue weighted by molar-refractivity contribution is 5.96. The van der Waals surface area contributed by atoms with Crippen LogP contribution in [0.4, 0.5) is 20.6 Å². The number of carbonyl (C=O) groups is 3. The predicted molar refractivity (Wildman–Crippen MR) is 108 cm³/mol. The normalized spacial score (nSPS) is 10.8. The van der Waals surface area contributed by atoms with E-state index in [9.17, 15) is 18.8 Å². The quantitative estimate of drug-likeness (QED) is 0.691. The van der Waals surface area contributed by atoms with Crippen molar-refractivity contribution < 1.29 is 23.5 Å². The zero-order valence-electron chi connectivity index (χ0n) is 16.5. The lowest BCUT2D eigenvalue weighted by atomic mass is 10.1. The molecular formula is C21H24FN3O4. The Hall–Kier alpha value is -3.42. The van der Waals surface area contributed by atoms with E-state index in [1.54, 1.807) is 57.2 Å². The maximum atomic E-state index is 12.9. The highest BCUT2D eigenvalue weighted by Crippen LogP contribution is 2.16. The van der Waals surface area contributed by atoms with Crippen molar-refractivity contribution in [3.05, 3.63) is 59.9 Å². The van der Waals surface area contributed by atoms with Crippen LogP contribution >= 0.6 is 0 Å². The molecule has 0 atom stereocenters. The van der Waals surface area contributed by atoms with E-state index >= 15 is 0 Å². The Morgan fingerprint density at radius 3 is 2.10 bits per heavy atom. The molecule has 0 aliphatic rings. The van der Waals surface area contributed by atoms with Crippen LogP contribution in [-0.2, 0) is 20.7 Å². The summed E-state index contributed by atoms with van der Waals surface area (Å²) in [6, 6.07) is 12.3. The first-order valence-electron chi connectivity index (χ1n) is 9.02. The van der Waals surface area contributed by atoms with Crippen molar-refractivity contribution in [2.24, 2.45) is 0 Å². The lowest BCUT2D eigenvalue weighted by Gasteiger charge is -2.19. The number of carbonyl (C=O) groups excluding carboxylic acids is 3. The maximum Gasteiger partial charge on any atom is 0.408 e. The minimum Gasteiger partial charge on any atom is -0.444 e. The van der Waals surface area contributed by atoms with Crippen LogP contribution in [0.25, 0.3) is 0 Å². The minimum absolute atomic E-state index is 0.0939. The summed E-state index contributed by atoms with van der Waals surface area (Å²) in [4.78, 5) is 35.7. The van der Waals surface area contributed by atoms with Gasteiger partial charge in [0.1, 0.15) is 18.0 Å². The Morgan fingerprint density at radius 1 is 0.931 bits per heavy atom. The molecule has 2 rings (SSSR count). The van der Waals surface area contributed by atoms with Gasteiger partial charge in [-0.05, 0) is 56.7 Å². The zero-order valence-corrected chi connectivity index (χ0v) is 16.5. The molecule has 0 aliphatic heterocycles. The lowest BCUT2D eigenvalue weighted by Crippen LogP contribution is -2.37. The molecule has 7 nitrogen and oxygen atoms in total. The molecule has 29 heavy (non-hydrogen) atoms. The summed E-state index contributed by atoms with van der Waals surface area (Å²) in [6.07, 6.45) is -0.592. The molecule has 0 spiro atoms. The van der Waals surface area contributed by atoms with E-state index < -0.39 is 17.6 Å². The molecule has 0 aliphatic carbocycles. The van der Waals surface area contributed by atoms with Gasteiger partial charge in [0.25, 0.3) is 0 Å². The number of hydrogen-bond donors (Lipinski definition) is 3. The molecule has 3 N–H and O–H groups in total. The zero-order chi connectivity index (χ0) is 21.4. The van der Waals surface area contributed by atoms with Crippen LogP contribution in [0.3, 0.4) is 0 Å². The molecule has 0 saturated carbocycles. The summed E-state index contributed by atoms with van der Waals surface area (Å²) < 4.78 is 18.0. The van der Waals surface area contributed by atoms with Crippen molar-refractivity contribution in [1.82, 2.24) is 5.32 Å². The molecule has 0 aromatic heterocycles. The largest absolute Gasteiger partial charge is 0.444 e. The van der Waals surface area contributed by atoms with E-state index in [0.29, 0.717) is 16.9 Å². The summed E-state index contributed by atoms with van der Waals surface area (Å²) in [6.45, 7) is 4.92. The lowest BCUT2D eigenvalue weighted by molar-refractivity contribution is -0.116. The van der Waals surface area contributed by atoms with Crippen molar-refractivity contribution in [3.8, 4) is 0 Å². The van der Waals surface area contributed by atoms with Gasteiger partial charge in [0.05, 0.1) is 6.42 Å².